The number of nitrogens with zero attached hydrogens (tertiary/aromatic N) is 4. The summed E-state index contributed by atoms with van der Waals surface area (Å²) in [4.78, 5) is 45.3. The Labute approximate surface area is 311 Å². The summed E-state index contributed by atoms with van der Waals surface area (Å²) in [7, 11) is 7.16. The third-order valence-corrected chi connectivity index (χ3v) is 12.3. The van der Waals surface area contributed by atoms with E-state index >= 15 is 0 Å². The van der Waals surface area contributed by atoms with E-state index in [0.29, 0.717) is 18.4 Å². The number of imide groups is 2. The number of barbiturate groups is 1. The Hall–Kier alpha value is -5.56. The molecule has 0 unspecified atom stereocenters. The molecule has 4 amide bonds. The molecule has 7 heteroatoms. The third kappa shape index (κ3) is 5.07. The lowest BCUT2D eigenvalue weighted by atomic mass is 9.76. The number of allylic oxidation sites excluding steroid dienone is 7. The number of hydrogen-bond donors (Lipinski definition) is 0. The Bertz CT molecular complexity index is 2430. The maximum absolute atomic E-state index is 14.0. The van der Waals surface area contributed by atoms with Crippen molar-refractivity contribution >= 4 is 56.5 Å². The fourth-order valence-electron chi connectivity index (χ4n) is 9.56. The first-order valence-electron chi connectivity index (χ1n) is 18.6. The average Bonchev–Trinajstić information content (AvgIpc) is 3.48. The predicted molar refractivity (Wildman–Crippen MR) is 214 cm³/mol. The molecule has 3 heterocycles. The van der Waals surface area contributed by atoms with Crippen LogP contribution in [0.2, 0.25) is 0 Å². The Morgan fingerprint density at radius 1 is 0.679 bits per heavy atom. The predicted octanol–water partition coefficient (Wildman–Crippen LogP) is 8.94. The molecule has 0 spiro atoms. The summed E-state index contributed by atoms with van der Waals surface area (Å²) in [6.45, 7) is 9.06. The Kier molecular flexibility index (Phi) is 7.99. The fourth-order valence-corrected chi connectivity index (χ4v) is 9.56. The van der Waals surface area contributed by atoms with E-state index in [1.807, 2.05) is 0 Å². The van der Waals surface area contributed by atoms with Gasteiger partial charge in [0.2, 0.25) is 17.5 Å². The zero-order valence-electron chi connectivity index (χ0n) is 31.9. The zero-order valence-corrected chi connectivity index (χ0v) is 31.9. The molecule has 0 saturated carbocycles. The number of anilines is 1. The van der Waals surface area contributed by atoms with Crippen LogP contribution >= 0.6 is 0 Å². The van der Waals surface area contributed by atoms with Crippen molar-refractivity contribution in [3.8, 4) is 0 Å². The van der Waals surface area contributed by atoms with E-state index in [2.05, 4.69) is 148 Å². The summed E-state index contributed by atoms with van der Waals surface area (Å²) < 4.78 is 2.26. The van der Waals surface area contributed by atoms with Gasteiger partial charge >= 0.3 is 6.03 Å². The van der Waals surface area contributed by atoms with Crippen LogP contribution in [-0.4, -0.2) is 66.1 Å². The largest absolute Gasteiger partial charge is 0.347 e. The zero-order chi connectivity index (χ0) is 37.6. The lowest BCUT2D eigenvalue weighted by Gasteiger charge is -2.36. The van der Waals surface area contributed by atoms with Crippen LogP contribution in [0.4, 0.5) is 16.2 Å². The van der Waals surface area contributed by atoms with Gasteiger partial charge in [-0.2, -0.15) is 4.58 Å². The smallest absolute Gasteiger partial charge is 0.332 e. The molecule has 0 N–H and O–H groups in total. The molecule has 0 aromatic heterocycles. The number of benzene rings is 4. The molecule has 7 nitrogen and oxygen atoms in total. The van der Waals surface area contributed by atoms with E-state index in [1.54, 1.807) is 0 Å². The summed E-state index contributed by atoms with van der Waals surface area (Å²) in [5.74, 6) is -2.08. The summed E-state index contributed by atoms with van der Waals surface area (Å²) >= 11 is 0. The topological polar surface area (TPSA) is 63.9 Å². The number of carbonyl (C=O) groups is 3. The second-order valence-corrected chi connectivity index (χ2v) is 16.0. The summed E-state index contributed by atoms with van der Waals surface area (Å²) in [6, 6.07) is 25.2. The molecule has 268 valence electrons. The highest BCUT2D eigenvalue weighted by Gasteiger charge is 2.47. The van der Waals surface area contributed by atoms with Crippen molar-refractivity contribution in [1.29, 1.82) is 0 Å². The number of amides is 4. The van der Waals surface area contributed by atoms with Crippen LogP contribution in [0.15, 0.2) is 120 Å². The second-order valence-electron chi connectivity index (χ2n) is 16.0. The average molecular weight is 704 g/mol. The number of rotatable bonds is 4. The highest BCUT2D eigenvalue weighted by atomic mass is 16.2. The molecule has 4 aromatic carbocycles. The normalized spacial score (nSPS) is 21.8. The lowest BCUT2D eigenvalue weighted by Crippen LogP contribution is -2.57. The van der Waals surface area contributed by atoms with Gasteiger partial charge in [-0.25, -0.2) is 4.79 Å². The molecule has 1 aliphatic carbocycles. The Morgan fingerprint density at radius 3 is 1.94 bits per heavy atom. The van der Waals surface area contributed by atoms with Gasteiger partial charge < -0.3 is 4.90 Å². The summed E-state index contributed by atoms with van der Waals surface area (Å²) in [5, 5.41) is 4.91. The van der Waals surface area contributed by atoms with Gasteiger partial charge in [0.1, 0.15) is 13.0 Å². The molecule has 53 heavy (non-hydrogen) atoms. The standard InChI is InChI=1S/C46H47N4O3/c1-45(2)36(47(5)34-24-20-28-14-9-11-18-32(28)40(34)45)26-22-30-16-13-17-31(38(30)39-42(51)49(7)44(53)50(8)43(39)52)23-27-37-46(3,4)41-33-19-12-10-15-29(33)21-25-35(41)48(37)6/h9-12,14-15,18-27,39H,13,16-17H2,1-8H3/q+1. The van der Waals surface area contributed by atoms with Gasteiger partial charge in [0.15, 0.2) is 5.71 Å². The van der Waals surface area contributed by atoms with Gasteiger partial charge in [0, 0.05) is 55.6 Å². The first-order valence-corrected chi connectivity index (χ1v) is 18.6. The molecule has 4 aliphatic rings. The molecular weight excluding hydrogens is 657 g/mol. The number of likely N-dealkylation sites (N-methyl/N-ethyl adjacent to an activating group) is 1. The minimum Gasteiger partial charge on any atom is -0.347 e. The SMILES string of the molecule is CN1C(=O)C(C2=C(/C=C/C3=[N+](C)c4ccc5ccccc5c4C3(C)C)CCC/C2=C\C=C2/N(C)c3ccc4ccccc4c3C2(C)C)C(=O)N(C)C1=O. The van der Waals surface area contributed by atoms with Crippen molar-refractivity contribution in [2.45, 2.75) is 57.8 Å². The maximum atomic E-state index is 14.0. The van der Waals surface area contributed by atoms with E-state index in [0.717, 1.165) is 38.8 Å². The molecule has 1 saturated heterocycles. The van der Waals surface area contributed by atoms with Gasteiger partial charge in [0.05, 0.1) is 5.41 Å². The van der Waals surface area contributed by atoms with E-state index in [-0.39, 0.29) is 10.8 Å². The van der Waals surface area contributed by atoms with Crippen LogP contribution in [0.5, 0.6) is 0 Å². The van der Waals surface area contributed by atoms with E-state index in [1.165, 1.54) is 58.1 Å². The molecular formula is C46H47N4O3+. The van der Waals surface area contributed by atoms with Crippen LogP contribution in [0, 0.1) is 5.92 Å². The summed E-state index contributed by atoms with van der Waals surface area (Å²) in [5.41, 5.74) is 9.25. The highest BCUT2D eigenvalue weighted by molar-refractivity contribution is 6.18. The first-order chi connectivity index (χ1) is 25.2. The second kappa shape index (κ2) is 12.3. The van der Waals surface area contributed by atoms with E-state index in [4.69, 9.17) is 0 Å². The number of carbonyl (C=O) groups excluding carboxylic acids is 3. The van der Waals surface area contributed by atoms with Gasteiger partial charge in [-0.05, 0) is 95.1 Å². The molecule has 0 radical (unpaired) electrons. The molecule has 4 aromatic rings. The minimum atomic E-state index is -1.11. The van der Waals surface area contributed by atoms with Crippen molar-refractivity contribution in [2.24, 2.45) is 5.92 Å². The Balaban J connectivity index is 1.26. The fraction of sp³-hybridized carbons (Fsp3) is 0.304. The molecule has 8 rings (SSSR count). The number of fused-ring (bicyclic) bond motifs is 6. The minimum absolute atomic E-state index is 0.291. The van der Waals surface area contributed by atoms with E-state index < -0.39 is 23.8 Å². The molecule has 1 fully saturated rings. The molecule has 3 aliphatic heterocycles. The van der Waals surface area contributed by atoms with Gasteiger partial charge in [-0.15, -0.1) is 0 Å². The van der Waals surface area contributed by atoms with Crippen LogP contribution in [0.25, 0.3) is 21.5 Å². The van der Waals surface area contributed by atoms with Crippen molar-refractivity contribution in [3.05, 3.63) is 131 Å². The van der Waals surface area contributed by atoms with Crippen LogP contribution in [0.3, 0.4) is 0 Å². The van der Waals surface area contributed by atoms with Crippen LogP contribution in [-0.2, 0) is 20.4 Å². The first kappa shape index (κ1) is 34.5. The molecule has 0 bridgehead atoms. The Morgan fingerprint density at radius 2 is 1.28 bits per heavy atom. The third-order valence-electron chi connectivity index (χ3n) is 12.3. The van der Waals surface area contributed by atoms with Gasteiger partial charge in [-0.1, -0.05) is 80.6 Å². The van der Waals surface area contributed by atoms with Crippen LogP contribution < -0.4 is 4.90 Å². The van der Waals surface area contributed by atoms with Crippen molar-refractivity contribution in [3.63, 3.8) is 0 Å². The lowest BCUT2D eigenvalue weighted by molar-refractivity contribution is -0.401. The van der Waals surface area contributed by atoms with Crippen LogP contribution in [0.1, 0.15) is 58.1 Å². The van der Waals surface area contributed by atoms with E-state index in [9.17, 15) is 14.4 Å². The van der Waals surface area contributed by atoms with Gasteiger partial charge in [0.25, 0.3) is 0 Å². The quantitative estimate of drug-likeness (QED) is 0.157. The molecule has 0 atom stereocenters. The van der Waals surface area contributed by atoms with Crippen molar-refractivity contribution in [2.75, 3.05) is 33.1 Å². The number of urea groups is 1. The maximum Gasteiger partial charge on any atom is 0.332 e. The monoisotopic (exact) mass is 703 g/mol. The van der Waals surface area contributed by atoms with Gasteiger partial charge in [-0.3, -0.25) is 19.4 Å². The number of hydrogen-bond acceptors (Lipinski definition) is 4. The van der Waals surface area contributed by atoms with Crippen molar-refractivity contribution in [1.82, 2.24) is 9.80 Å². The van der Waals surface area contributed by atoms with Crippen molar-refractivity contribution < 1.29 is 19.0 Å². The summed E-state index contributed by atoms with van der Waals surface area (Å²) in [6.07, 6.45) is 10.9. The highest BCUT2D eigenvalue weighted by Crippen LogP contribution is 2.50.